The summed E-state index contributed by atoms with van der Waals surface area (Å²) in [5.74, 6) is 0. The normalized spacial score (nSPS) is 12.4. The molecule has 0 aliphatic heterocycles. The Bertz CT molecular complexity index is 1170. The fraction of sp³-hybridized carbons (Fsp3) is 0.240. The highest BCUT2D eigenvalue weighted by Crippen LogP contribution is 2.25. The number of aryl methyl sites for hydroxylation is 3. The third-order valence-corrected chi connectivity index (χ3v) is 6.57. The van der Waals surface area contributed by atoms with Gasteiger partial charge in [-0.15, -0.1) is 11.3 Å². The molecule has 0 saturated carbocycles. The van der Waals surface area contributed by atoms with Gasteiger partial charge in [0.2, 0.25) is 0 Å². The molecule has 0 aliphatic carbocycles. The van der Waals surface area contributed by atoms with Crippen molar-refractivity contribution in [3.05, 3.63) is 103 Å². The van der Waals surface area contributed by atoms with Gasteiger partial charge in [-0.1, -0.05) is 37.3 Å². The van der Waals surface area contributed by atoms with Crippen LogP contribution in [0.5, 0.6) is 0 Å². The minimum Gasteiger partial charge on any atom is -0.423 e. The lowest BCUT2D eigenvalue weighted by Crippen LogP contribution is -2.83. The zero-order valence-electron chi connectivity index (χ0n) is 17.1. The van der Waals surface area contributed by atoms with Gasteiger partial charge in [0.25, 0.3) is 0 Å². The van der Waals surface area contributed by atoms with E-state index in [4.69, 9.17) is 4.42 Å². The Morgan fingerprint density at radius 3 is 2.48 bits per heavy atom. The van der Waals surface area contributed by atoms with Crippen LogP contribution in [0.15, 0.2) is 69.2 Å². The van der Waals surface area contributed by atoms with E-state index in [1.54, 1.807) is 17.4 Å². The molecule has 2 heterocycles. The highest BCUT2D eigenvalue weighted by atomic mass is 32.1. The number of benzene rings is 2. The molecule has 0 saturated heterocycles. The van der Waals surface area contributed by atoms with E-state index >= 15 is 0 Å². The fourth-order valence-electron chi connectivity index (χ4n) is 3.74. The van der Waals surface area contributed by atoms with Crippen LogP contribution in [0, 0.1) is 13.8 Å². The van der Waals surface area contributed by atoms with Crippen LogP contribution < -0.4 is 10.9 Å². The number of thiophene rings is 1. The molecule has 3 nitrogen and oxygen atoms in total. The maximum atomic E-state index is 12.1. The zero-order chi connectivity index (χ0) is 20.4. The topological polar surface area (TPSA) is 46.8 Å². The van der Waals surface area contributed by atoms with Crippen molar-refractivity contribution >= 4 is 22.3 Å². The van der Waals surface area contributed by atoms with Gasteiger partial charge >= 0.3 is 5.63 Å². The first kappa shape index (κ1) is 19.6. The largest absolute Gasteiger partial charge is 0.423 e. The lowest BCUT2D eigenvalue weighted by molar-refractivity contribution is -0.701. The number of quaternary nitrogens is 1. The highest BCUT2D eigenvalue weighted by molar-refractivity contribution is 7.10. The Balaban J connectivity index is 1.69. The second-order valence-corrected chi connectivity index (χ2v) is 8.53. The molecule has 1 atom stereocenters. The predicted octanol–water partition coefficient (Wildman–Crippen LogP) is 4.89. The second-order valence-electron chi connectivity index (χ2n) is 7.55. The van der Waals surface area contributed by atoms with Crippen molar-refractivity contribution in [2.75, 3.05) is 0 Å². The van der Waals surface area contributed by atoms with Crippen molar-refractivity contribution in [2.24, 2.45) is 0 Å². The van der Waals surface area contributed by atoms with Crippen molar-refractivity contribution in [1.29, 1.82) is 0 Å². The van der Waals surface area contributed by atoms with E-state index in [2.05, 4.69) is 67.0 Å². The lowest BCUT2D eigenvalue weighted by Gasteiger charge is -2.16. The smallest absolute Gasteiger partial charge is 0.336 e. The molecule has 0 aliphatic rings. The molecule has 0 radical (unpaired) electrons. The maximum absolute atomic E-state index is 12.1. The Morgan fingerprint density at radius 1 is 1.03 bits per heavy atom. The van der Waals surface area contributed by atoms with Crippen molar-refractivity contribution in [3.63, 3.8) is 0 Å². The van der Waals surface area contributed by atoms with Crippen LogP contribution in [0.3, 0.4) is 0 Å². The summed E-state index contributed by atoms with van der Waals surface area (Å²) in [6.45, 7) is 7.02. The quantitative estimate of drug-likeness (QED) is 0.465. The summed E-state index contributed by atoms with van der Waals surface area (Å²) >= 11 is 1.77. The predicted molar refractivity (Wildman–Crippen MR) is 120 cm³/mol. The Kier molecular flexibility index (Phi) is 5.65. The molecular weight excluding hydrogens is 378 g/mol. The van der Waals surface area contributed by atoms with Gasteiger partial charge in [0.15, 0.2) is 0 Å². The molecule has 4 heteroatoms. The number of rotatable bonds is 6. The zero-order valence-corrected chi connectivity index (χ0v) is 17.9. The monoisotopic (exact) mass is 404 g/mol. The molecule has 0 bridgehead atoms. The molecule has 2 aromatic heterocycles. The van der Waals surface area contributed by atoms with Crippen LogP contribution in [0.4, 0.5) is 0 Å². The van der Waals surface area contributed by atoms with Crippen molar-refractivity contribution in [3.8, 4) is 0 Å². The first-order chi connectivity index (χ1) is 14.0. The lowest BCUT2D eigenvalue weighted by atomic mass is 10.0. The van der Waals surface area contributed by atoms with Crippen LogP contribution >= 0.6 is 11.3 Å². The van der Waals surface area contributed by atoms with Crippen LogP contribution in [0.1, 0.15) is 45.7 Å². The number of nitrogens with two attached hydrogens (primary N) is 1. The van der Waals surface area contributed by atoms with Crippen molar-refractivity contribution < 1.29 is 9.73 Å². The molecule has 2 N–H and O–H groups in total. The van der Waals surface area contributed by atoms with E-state index in [1.807, 2.05) is 13.0 Å². The van der Waals surface area contributed by atoms with Crippen LogP contribution in [0.25, 0.3) is 11.0 Å². The van der Waals surface area contributed by atoms with E-state index in [0.29, 0.717) is 12.1 Å². The number of fused-ring (bicyclic) bond motifs is 1. The average Bonchev–Trinajstić information content (AvgIpc) is 3.24. The summed E-state index contributed by atoms with van der Waals surface area (Å²) < 4.78 is 5.46. The Morgan fingerprint density at radius 2 is 1.79 bits per heavy atom. The third kappa shape index (κ3) is 4.19. The molecule has 0 amide bonds. The van der Waals surface area contributed by atoms with Crippen LogP contribution in [0.2, 0.25) is 0 Å². The van der Waals surface area contributed by atoms with Crippen molar-refractivity contribution in [1.82, 2.24) is 0 Å². The second kappa shape index (κ2) is 8.36. The molecule has 4 aromatic rings. The molecule has 29 heavy (non-hydrogen) atoms. The van der Waals surface area contributed by atoms with E-state index < -0.39 is 0 Å². The molecule has 2 aromatic carbocycles. The Labute approximate surface area is 175 Å². The van der Waals surface area contributed by atoms with E-state index in [9.17, 15) is 4.79 Å². The number of hydrogen-bond acceptors (Lipinski definition) is 3. The van der Waals surface area contributed by atoms with Gasteiger partial charge in [-0.3, -0.25) is 0 Å². The fourth-order valence-corrected chi connectivity index (χ4v) is 4.59. The van der Waals surface area contributed by atoms with Gasteiger partial charge in [-0.2, -0.15) is 0 Å². The average molecular weight is 405 g/mol. The minimum absolute atomic E-state index is 0.203. The molecule has 0 unspecified atom stereocenters. The van der Waals surface area contributed by atoms with Gasteiger partial charge in [0, 0.05) is 22.6 Å². The molecule has 4 rings (SSSR count). The number of hydrogen-bond donors (Lipinski definition) is 1. The highest BCUT2D eigenvalue weighted by Gasteiger charge is 2.20. The molecule has 0 fully saturated rings. The molecule has 148 valence electrons. The van der Waals surface area contributed by atoms with Crippen LogP contribution in [-0.4, -0.2) is 0 Å². The standard InChI is InChI=1S/C25H25NO2S/c1-4-18-7-9-19(10-8-18)25(23-6-5-11-29-23)26-15-20-14-24(27)28-22-13-17(3)16(2)12-21(20)22/h5-14,25-26H,4,15H2,1-3H3/p+1/t25-/m1/s1. The summed E-state index contributed by atoms with van der Waals surface area (Å²) in [5, 5.41) is 5.46. The van der Waals surface area contributed by atoms with Gasteiger partial charge in [-0.25, -0.2) is 4.79 Å². The van der Waals surface area contributed by atoms with Gasteiger partial charge in [0.05, 0.1) is 4.88 Å². The SMILES string of the molecule is CCc1ccc([C@@H]([NH2+]Cc2cc(=O)oc3cc(C)c(C)cc23)c2cccs2)cc1. The summed E-state index contributed by atoms with van der Waals surface area (Å²) in [4.78, 5) is 13.4. The van der Waals surface area contributed by atoms with E-state index in [0.717, 1.165) is 22.9 Å². The maximum Gasteiger partial charge on any atom is 0.336 e. The molecule has 0 spiro atoms. The van der Waals surface area contributed by atoms with E-state index in [-0.39, 0.29) is 11.7 Å². The summed E-state index contributed by atoms with van der Waals surface area (Å²) in [5.41, 5.74) is 6.37. The van der Waals surface area contributed by atoms with Gasteiger partial charge in [0.1, 0.15) is 18.2 Å². The Hall–Kier alpha value is -2.69. The van der Waals surface area contributed by atoms with E-state index in [1.165, 1.54) is 21.6 Å². The molecular formula is C25H26NO2S+. The minimum atomic E-state index is -0.288. The van der Waals surface area contributed by atoms with Crippen molar-refractivity contribution in [2.45, 2.75) is 39.8 Å². The summed E-state index contributed by atoms with van der Waals surface area (Å²) in [6, 6.07) is 19.1. The third-order valence-electron chi connectivity index (χ3n) is 5.61. The summed E-state index contributed by atoms with van der Waals surface area (Å²) in [7, 11) is 0. The van der Waals surface area contributed by atoms with Gasteiger partial charge in [-0.05, 0) is 60.5 Å². The summed E-state index contributed by atoms with van der Waals surface area (Å²) in [6.07, 6.45) is 1.04. The first-order valence-electron chi connectivity index (χ1n) is 10.0. The van der Waals surface area contributed by atoms with Gasteiger partial charge < -0.3 is 9.73 Å². The van der Waals surface area contributed by atoms with Crippen LogP contribution in [-0.2, 0) is 13.0 Å². The first-order valence-corrected chi connectivity index (χ1v) is 10.9.